The molecule has 8 heteroatoms. The van der Waals surface area contributed by atoms with E-state index in [1.165, 1.54) is 12.1 Å². The Bertz CT molecular complexity index is 581. The molecule has 7 nitrogen and oxygen atoms in total. The fourth-order valence-electron chi connectivity index (χ4n) is 1.77. The molecule has 0 unspecified atom stereocenters. The SMILES string of the molecule is CC(C)(CCCO)CNS(=O)(=O)c1ccc([N+](=O)[O-])cc1. The van der Waals surface area contributed by atoms with Crippen molar-refractivity contribution in [1.29, 1.82) is 0 Å². The van der Waals surface area contributed by atoms with Gasteiger partial charge in [-0.15, -0.1) is 0 Å². The van der Waals surface area contributed by atoms with Crippen LogP contribution in [0.3, 0.4) is 0 Å². The van der Waals surface area contributed by atoms with Crippen LogP contribution in [0.15, 0.2) is 29.2 Å². The number of nitro benzene ring substituents is 1. The minimum atomic E-state index is -3.70. The lowest BCUT2D eigenvalue weighted by molar-refractivity contribution is -0.384. The van der Waals surface area contributed by atoms with Gasteiger partial charge in [-0.2, -0.15) is 0 Å². The van der Waals surface area contributed by atoms with E-state index >= 15 is 0 Å². The molecule has 0 saturated carbocycles. The van der Waals surface area contributed by atoms with Gasteiger partial charge in [0.15, 0.2) is 0 Å². The normalized spacial score (nSPS) is 12.3. The number of non-ortho nitro benzene ring substituents is 1. The van der Waals surface area contributed by atoms with Crippen LogP contribution >= 0.6 is 0 Å². The molecule has 0 amide bonds. The van der Waals surface area contributed by atoms with E-state index in [1.54, 1.807) is 0 Å². The number of nitrogens with one attached hydrogen (secondary N) is 1. The molecule has 0 saturated heterocycles. The van der Waals surface area contributed by atoms with Gasteiger partial charge >= 0.3 is 0 Å². The molecular formula is C13H20N2O5S. The summed E-state index contributed by atoms with van der Waals surface area (Å²) in [6, 6.07) is 4.74. The Balaban J connectivity index is 2.75. The number of aliphatic hydroxyl groups excluding tert-OH is 1. The summed E-state index contributed by atoms with van der Waals surface area (Å²) in [5.41, 5.74) is -0.437. The van der Waals surface area contributed by atoms with Crippen LogP contribution in [0.25, 0.3) is 0 Å². The second-order valence-corrected chi connectivity index (χ2v) is 7.33. The van der Waals surface area contributed by atoms with E-state index < -0.39 is 14.9 Å². The van der Waals surface area contributed by atoms with Crippen molar-refractivity contribution in [2.24, 2.45) is 5.41 Å². The Morgan fingerprint density at radius 2 is 1.86 bits per heavy atom. The highest BCUT2D eigenvalue weighted by atomic mass is 32.2. The highest BCUT2D eigenvalue weighted by Gasteiger charge is 2.22. The van der Waals surface area contributed by atoms with Crippen molar-refractivity contribution in [3.63, 3.8) is 0 Å². The zero-order valence-corrected chi connectivity index (χ0v) is 12.9. The number of aliphatic hydroxyl groups is 1. The van der Waals surface area contributed by atoms with Crippen molar-refractivity contribution < 1.29 is 18.4 Å². The van der Waals surface area contributed by atoms with E-state index in [0.717, 1.165) is 12.1 Å². The Hall–Kier alpha value is -1.51. The lowest BCUT2D eigenvalue weighted by atomic mass is 9.88. The van der Waals surface area contributed by atoms with E-state index in [1.807, 2.05) is 13.8 Å². The Kier molecular flexibility index (Phi) is 5.82. The number of hydrogen-bond acceptors (Lipinski definition) is 5. The molecule has 0 radical (unpaired) electrons. The predicted molar refractivity (Wildman–Crippen MR) is 78.4 cm³/mol. The number of benzene rings is 1. The van der Waals surface area contributed by atoms with Crippen molar-refractivity contribution in [1.82, 2.24) is 4.72 Å². The van der Waals surface area contributed by atoms with Gasteiger partial charge in [0.25, 0.3) is 5.69 Å². The van der Waals surface area contributed by atoms with Gasteiger partial charge in [-0.1, -0.05) is 13.8 Å². The minimum Gasteiger partial charge on any atom is -0.396 e. The first-order valence-electron chi connectivity index (χ1n) is 6.53. The maximum atomic E-state index is 12.1. The van der Waals surface area contributed by atoms with Crippen LogP contribution in [0.1, 0.15) is 26.7 Å². The first-order chi connectivity index (χ1) is 9.68. The Labute approximate surface area is 124 Å². The lowest BCUT2D eigenvalue weighted by Gasteiger charge is -2.24. The van der Waals surface area contributed by atoms with Gasteiger partial charge in [0.2, 0.25) is 10.0 Å². The summed E-state index contributed by atoms with van der Waals surface area (Å²) in [6.45, 7) is 4.10. The molecule has 21 heavy (non-hydrogen) atoms. The molecule has 0 aliphatic rings. The third-order valence-corrected chi connectivity index (χ3v) is 4.53. The van der Waals surface area contributed by atoms with E-state index in [4.69, 9.17) is 5.11 Å². The average Bonchev–Trinajstić information content (AvgIpc) is 2.43. The highest BCUT2D eigenvalue weighted by molar-refractivity contribution is 7.89. The maximum absolute atomic E-state index is 12.1. The molecule has 0 aromatic heterocycles. The first kappa shape index (κ1) is 17.5. The van der Waals surface area contributed by atoms with Crippen molar-refractivity contribution in [3.05, 3.63) is 34.4 Å². The van der Waals surface area contributed by atoms with Gasteiger partial charge < -0.3 is 5.11 Å². The molecule has 0 atom stereocenters. The predicted octanol–water partition coefficient (Wildman–Crippen LogP) is 1.67. The fraction of sp³-hybridized carbons (Fsp3) is 0.538. The minimum absolute atomic E-state index is 0.00828. The molecule has 2 N–H and O–H groups in total. The third kappa shape index (κ3) is 5.41. The molecule has 0 aliphatic carbocycles. The van der Waals surface area contributed by atoms with Crippen LogP contribution < -0.4 is 4.72 Å². The Morgan fingerprint density at radius 1 is 1.29 bits per heavy atom. The van der Waals surface area contributed by atoms with Gasteiger partial charge in [-0.05, 0) is 30.4 Å². The number of rotatable bonds is 8. The van der Waals surface area contributed by atoms with E-state index in [9.17, 15) is 18.5 Å². The van der Waals surface area contributed by atoms with E-state index in [-0.39, 0.29) is 29.1 Å². The van der Waals surface area contributed by atoms with Crippen LogP contribution in [0.5, 0.6) is 0 Å². The van der Waals surface area contributed by atoms with E-state index in [2.05, 4.69) is 4.72 Å². The summed E-state index contributed by atoms with van der Waals surface area (Å²) in [4.78, 5) is 9.95. The monoisotopic (exact) mass is 316 g/mol. The molecule has 1 aromatic carbocycles. The van der Waals surface area contributed by atoms with Crippen molar-refractivity contribution >= 4 is 15.7 Å². The van der Waals surface area contributed by atoms with E-state index in [0.29, 0.717) is 12.8 Å². The topological polar surface area (TPSA) is 110 Å². The number of nitrogens with zero attached hydrogens (tertiary/aromatic N) is 1. The van der Waals surface area contributed by atoms with Gasteiger partial charge in [-0.25, -0.2) is 13.1 Å². The summed E-state index contributed by atoms with van der Waals surface area (Å²) in [5.74, 6) is 0. The van der Waals surface area contributed by atoms with Crippen LogP contribution in [0, 0.1) is 15.5 Å². The quantitative estimate of drug-likeness (QED) is 0.560. The standard InChI is InChI=1S/C13H20N2O5S/c1-13(2,8-3-9-16)10-14-21(19,20)12-6-4-11(5-7-12)15(17)18/h4-7,14,16H,3,8-10H2,1-2H3. The zero-order chi connectivity index (χ0) is 16.1. The van der Waals surface area contributed by atoms with Gasteiger partial charge in [0, 0.05) is 25.3 Å². The highest BCUT2D eigenvalue weighted by Crippen LogP contribution is 2.22. The number of sulfonamides is 1. The van der Waals surface area contributed by atoms with Crippen molar-refractivity contribution in [2.45, 2.75) is 31.6 Å². The van der Waals surface area contributed by atoms with Crippen LogP contribution in [-0.4, -0.2) is 31.6 Å². The Morgan fingerprint density at radius 3 is 2.33 bits per heavy atom. The summed E-state index contributed by atoms with van der Waals surface area (Å²) in [7, 11) is -3.70. The molecule has 0 aliphatic heterocycles. The molecule has 1 aromatic rings. The molecule has 0 spiro atoms. The number of hydrogen-bond donors (Lipinski definition) is 2. The van der Waals surface area contributed by atoms with Gasteiger partial charge in [0.05, 0.1) is 9.82 Å². The molecule has 0 heterocycles. The zero-order valence-electron chi connectivity index (χ0n) is 12.1. The van der Waals surface area contributed by atoms with Crippen LogP contribution in [0.4, 0.5) is 5.69 Å². The van der Waals surface area contributed by atoms with Crippen molar-refractivity contribution in [2.75, 3.05) is 13.2 Å². The average molecular weight is 316 g/mol. The molecule has 1 rings (SSSR count). The lowest BCUT2D eigenvalue weighted by Crippen LogP contribution is -2.34. The maximum Gasteiger partial charge on any atom is 0.269 e. The number of nitro groups is 1. The van der Waals surface area contributed by atoms with Gasteiger partial charge in [0.1, 0.15) is 0 Å². The summed E-state index contributed by atoms with van der Waals surface area (Å²) < 4.78 is 26.7. The fourth-order valence-corrected chi connectivity index (χ4v) is 3.01. The molecular weight excluding hydrogens is 296 g/mol. The first-order valence-corrected chi connectivity index (χ1v) is 8.01. The largest absolute Gasteiger partial charge is 0.396 e. The molecule has 118 valence electrons. The summed E-state index contributed by atoms with van der Waals surface area (Å²) >= 11 is 0. The van der Waals surface area contributed by atoms with Crippen LogP contribution in [0.2, 0.25) is 0 Å². The molecule has 0 bridgehead atoms. The van der Waals surface area contributed by atoms with Crippen molar-refractivity contribution in [3.8, 4) is 0 Å². The molecule has 0 fully saturated rings. The summed E-state index contributed by atoms with van der Waals surface area (Å²) in [6.07, 6.45) is 1.29. The van der Waals surface area contributed by atoms with Gasteiger partial charge in [-0.3, -0.25) is 10.1 Å². The smallest absolute Gasteiger partial charge is 0.269 e. The van der Waals surface area contributed by atoms with Crippen LogP contribution in [-0.2, 0) is 10.0 Å². The second kappa shape index (κ2) is 6.97. The second-order valence-electron chi connectivity index (χ2n) is 5.57. The summed E-state index contributed by atoms with van der Waals surface area (Å²) in [5, 5.41) is 19.4. The third-order valence-electron chi connectivity index (χ3n) is 3.11.